The van der Waals surface area contributed by atoms with Gasteiger partial charge in [0.2, 0.25) is 0 Å². The summed E-state index contributed by atoms with van der Waals surface area (Å²) >= 11 is 0. The maximum absolute atomic E-state index is 9.15. The molecule has 0 spiro atoms. The molecule has 6 rings (SSSR count). The number of nitriles is 1. The zero-order chi connectivity index (χ0) is 27.5. The molecule has 1 heterocycles. The van der Waals surface area contributed by atoms with Gasteiger partial charge in [0.15, 0.2) is 0 Å². The number of hydrogen-bond acceptors (Lipinski definition) is 3. The monoisotopic (exact) mass is 514 g/mol. The summed E-state index contributed by atoms with van der Waals surface area (Å²) < 4.78 is 6.67. The van der Waals surface area contributed by atoms with Crippen LogP contribution in [0.2, 0.25) is 0 Å². The van der Waals surface area contributed by atoms with Gasteiger partial charge in [0.05, 0.1) is 11.6 Å². The minimum atomic E-state index is 0.654. The predicted molar refractivity (Wildman–Crippen MR) is 167 cm³/mol. The molecule has 1 aromatic heterocycles. The van der Waals surface area contributed by atoms with E-state index in [0.717, 1.165) is 66.5 Å². The van der Waals surface area contributed by atoms with Crippen molar-refractivity contribution in [3.8, 4) is 39.4 Å². The standard InChI is InChI=1S/C37H26N2O/c1-3-7-31(24-39-2)27-18-20-28(21-19-27)32-10-5-12-34-35-13-6-11-33(37(35)40-36(32)34)30-9-4-8-29(22-30)26-16-14-25(23-38)15-17-26/h3-22,24H,2H2,1H3/b7-3-,31-24+. The van der Waals surface area contributed by atoms with Crippen molar-refractivity contribution in [3.63, 3.8) is 0 Å². The fourth-order valence-corrected chi connectivity index (χ4v) is 5.21. The van der Waals surface area contributed by atoms with Crippen LogP contribution in [0.1, 0.15) is 18.1 Å². The average molecular weight is 515 g/mol. The van der Waals surface area contributed by atoms with Crippen molar-refractivity contribution in [1.29, 1.82) is 5.26 Å². The van der Waals surface area contributed by atoms with E-state index in [0.29, 0.717) is 5.56 Å². The van der Waals surface area contributed by atoms with E-state index in [1.165, 1.54) is 0 Å². The number of fused-ring (bicyclic) bond motifs is 3. The zero-order valence-corrected chi connectivity index (χ0v) is 22.1. The molecule has 0 unspecified atom stereocenters. The summed E-state index contributed by atoms with van der Waals surface area (Å²) in [6.07, 6.45) is 5.80. The molecule has 3 heteroatoms. The second-order valence-electron chi connectivity index (χ2n) is 9.58. The Morgan fingerprint density at radius 2 is 1.32 bits per heavy atom. The van der Waals surface area contributed by atoms with E-state index in [1.54, 1.807) is 6.20 Å². The first-order valence-corrected chi connectivity index (χ1v) is 13.1. The van der Waals surface area contributed by atoms with Gasteiger partial charge in [0, 0.05) is 28.1 Å². The molecule has 0 amide bonds. The van der Waals surface area contributed by atoms with Crippen molar-refractivity contribution >= 4 is 34.2 Å². The number of hydrogen-bond donors (Lipinski definition) is 0. The molecule has 3 nitrogen and oxygen atoms in total. The van der Waals surface area contributed by atoms with Crippen LogP contribution in [0.4, 0.5) is 0 Å². The van der Waals surface area contributed by atoms with Crippen LogP contribution >= 0.6 is 0 Å². The number of aliphatic imine (C=N–C) groups is 1. The Morgan fingerprint density at radius 1 is 0.725 bits per heavy atom. The van der Waals surface area contributed by atoms with Gasteiger partial charge < -0.3 is 4.42 Å². The van der Waals surface area contributed by atoms with E-state index >= 15 is 0 Å². The summed E-state index contributed by atoms with van der Waals surface area (Å²) in [6, 6.07) is 39.4. The molecule has 5 aromatic carbocycles. The molecule has 0 N–H and O–H groups in total. The molecular formula is C37H26N2O. The third-order valence-electron chi connectivity index (χ3n) is 7.15. The molecule has 0 aliphatic carbocycles. The van der Waals surface area contributed by atoms with Crippen LogP contribution < -0.4 is 0 Å². The smallest absolute Gasteiger partial charge is 0.143 e. The van der Waals surface area contributed by atoms with E-state index in [1.807, 2.05) is 43.3 Å². The van der Waals surface area contributed by atoms with E-state index < -0.39 is 0 Å². The molecule has 6 aromatic rings. The first kappa shape index (κ1) is 24.9. The second kappa shape index (κ2) is 10.7. The van der Waals surface area contributed by atoms with Crippen molar-refractivity contribution in [1.82, 2.24) is 0 Å². The topological polar surface area (TPSA) is 49.3 Å². The average Bonchev–Trinajstić information content (AvgIpc) is 3.40. The van der Waals surface area contributed by atoms with Crippen molar-refractivity contribution in [3.05, 3.63) is 139 Å². The number of benzene rings is 5. The van der Waals surface area contributed by atoms with Gasteiger partial charge in [-0.25, -0.2) is 0 Å². The molecule has 0 bridgehead atoms. The van der Waals surface area contributed by atoms with Crippen LogP contribution in [0.25, 0.3) is 60.9 Å². The Labute approximate surface area is 233 Å². The molecule has 0 saturated heterocycles. The van der Waals surface area contributed by atoms with Crippen molar-refractivity contribution < 1.29 is 4.42 Å². The molecule has 0 radical (unpaired) electrons. The molecule has 0 atom stereocenters. The van der Waals surface area contributed by atoms with Gasteiger partial charge in [-0.05, 0) is 65.2 Å². The Hall–Kier alpha value is -5.46. The number of nitrogens with zero attached hydrogens (tertiary/aromatic N) is 2. The van der Waals surface area contributed by atoms with Crippen LogP contribution in [-0.4, -0.2) is 6.72 Å². The first-order chi connectivity index (χ1) is 19.7. The van der Waals surface area contributed by atoms with Crippen LogP contribution in [0, 0.1) is 11.3 Å². The van der Waals surface area contributed by atoms with Crippen molar-refractivity contribution in [2.75, 3.05) is 0 Å². The van der Waals surface area contributed by atoms with Crippen molar-refractivity contribution in [2.45, 2.75) is 6.92 Å². The van der Waals surface area contributed by atoms with E-state index in [-0.39, 0.29) is 0 Å². The largest absolute Gasteiger partial charge is 0.455 e. The van der Waals surface area contributed by atoms with Gasteiger partial charge in [-0.15, -0.1) is 0 Å². The number of rotatable bonds is 6. The maximum atomic E-state index is 9.15. The maximum Gasteiger partial charge on any atom is 0.143 e. The lowest BCUT2D eigenvalue weighted by atomic mass is 9.96. The Morgan fingerprint density at radius 3 is 1.95 bits per heavy atom. The lowest BCUT2D eigenvalue weighted by Crippen LogP contribution is -1.83. The third kappa shape index (κ3) is 4.53. The van der Waals surface area contributed by atoms with Crippen LogP contribution in [0.15, 0.2) is 137 Å². The molecule has 0 fully saturated rings. The molecule has 0 saturated carbocycles. The fraction of sp³-hybridized carbons (Fsp3) is 0.0270. The molecule has 40 heavy (non-hydrogen) atoms. The Kier molecular flexibility index (Phi) is 6.66. The van der Waals surface area contributed by atoms with Gasteiger partial charge in [0.1, 0.15) is 11.2 Å². The molecular weight excluding hydrogens is 488 g/mol. The predicted octanol–water partition coefficient (Wildman–Crippen LogP) is 10.1. The normalized spacial score (nSPS) is 11.8. The summed E-state index contributed by atoms with van der Waals surface area (Å²) in [5.74, 6) is 0. The zero-order valence-electron chi connectivity index (χ0n) is 22.1. The summed E-state index contributed by atoms with van der Waals surface area (Å²) in [4.78, 5) is 3.95. The molecule has 0 aliphatic heterocycles. The highest BCUT2D eigenvalue weighted by atomic mass is 16.3. The van der Waals surface area contributed by atoms with E-state index in [4.69, 9.17) is 9.68 Å². The number of furan rings is 1. The van der Waals surface area contributed by atoms with E-state index in [9.17, 15) is 0 Å². The van der Waals surface area contributed by atoms with Crippen molar-refractivity contribution in [2.24, 2.45) is 4.99 Å². The highest BCUT2D eigenvalue weighted by molar-refractivity contribution is 6.13. The quantitative estimate of drug-likeness (QED) is 0.164. The summed E-state index contributed by atoms with van der Waals surface area (Å²) in [7, 11) is 0. The first-order valence-electron chi connectivity index (χ1n) is 13.1. The Bertz CT molecular complexity index is 1960. The van der Waals surface area contributed by atoms with Crippen LogP contribution in [-0.2, 0) is 0 Å². The van der Waals surface area contributed by atoms with Gasteiger partial charge in [-0.3, -0.25) is 4.99 Å². The number of para-hydroxylation sites is 2. The third-order valence-corrected chi connectivity index (χ3v) is 7.15. The minimum absolute atomic E-state index is 0.654. The lowest BCUT2D eigenvalue weighted by molar-refractivity contribution is 0.671. The van der Waals surface area contributed by atoms with Gasteiger partial charge in [-0.1, -0.05) is 103 Å². The van der Waals surface area contributed by atoms with Gasteiger partial charge in [-0.2, -0.15) is 5.26 Å². The van der Waals surface area contributed by atoms with Gasteiger partial charge in [0.25, 0.3) is 0 Å². The van der Waals surface area contributed by atoms with Crippen LogP contribution in [0.5, 0.6) is 0 Å². The van der Waals surface area contributed by atoms with Gasteiger partial charge >= 0.3 is 0 Å². The highest BCUT2D eigenvalue weighted by Crippen LogP contribution is 2.40. The number of allylic oxidation sites excluding steroid dienone is 3. The summed E-state index contributed by atoms with van der Waals surface area (Å²) in [5.41, 5.74) is 10.9. The second-order valence-corrected chi connectivity index (χ2v) is 9.58. The highest BCUT2D eigenvalue weighted by Gasteiger charge is 2.16. The summed E-state index contributed by atoms with van der Waals surface area (Å²) in [6.45, 7) is 5.59. The molecule has 190 valence electrons. The summed E-state index contributed by atoms with van der Waals surface area (Å²) in [5, 5.41) is 11.3. The lowest BCUT2D eigenvalue weighted by Gasteiger charge is -2.07. The van der Waals surface area contributed by atoms with Crippen LogP contribution in [0.3, 0.4) is 0 Å². The fourth-order valence-electron chi connectivity index (χ4n) is 5.21. The SMILES string of the molecule is C=N/C=C(\C=C/C)c1ccc(-c2cccc3c2oc2c(-c4cccc(-c5ccc(C#N)cc5)c4)cccc23)cc1. The minimum Gasteiger partial charge on any atom is -0.455 e. The van der Waals surface area contributed by atoms with E-state index in [2.05, 4.69) is 103 Å². The molecule has 0 aliphatic rings. The Balaban J connectivity index is 1.45.